The first-order valence-electron chi connectivity index (χ1n) is 8.09. The van der Waals surface area contributed by atoms with E-state index in [2.05, 4.69) is 33.3 Å². The van der Waals surface area contributed by atoms with Gasteiger partial charge in [0.25, 0.3) is 5.91 Å². The maximum absolute atomic E-state index is 12.3. The number of anilines is 1. The minimum atomic E-state index is -0.112. The van der Waals surface area contributed by atoms with Crippen molar-refractivity contribution in [3.63, 3.8) is 0 Å². The van der Waals surface area contributed by atoms with Crippen LogP contribution >= 0.6 is 15.9 Å². The van der Waals surface area contributed by atoms with Gasteiger partial charge in [-0.15, -0.1) is 0 Å². The van der Waals surface area contributed by atoms with Gasteiger partial charge in [-0.1, -0.05) is 28.1 Å². The van der Waals surface area contributed by atoms with E-state index in [9.17, 15) is 4.79 Å². The number of benzene rings is 2. The Kier molecular flexibility index (Phi) is 5.04. The van der Waals surface area contributed by atoms with Crippen molar-refractivity contribution >= 4 is 27.5 Å². The summed E-state index contributed by atoms with van der Waals surface area (Å²) in [5, 5.41) is 7.38. The summed E-state index contributed by atoms with van der Waals surface area (Å²) in [6, 6.07) is 15.3. The number of aromatic nitrogens is 2. The van der Waals surface area contributed by atoms with Crippen LogP contribution in [0.2, 0.25) is 0 Å². The lowest BCUT2D eigenvalue weighted by Gasteiger charge is -2.07. The maximum atomic E-state index is 12.3. The van der Waals surface area contributed by atoms with Gasteiger partial charge in [0, 0.05) is 40.4 Å². The van der Waals surface area contributed by atoms with Gasteiger partial charge in [0.05, 0.1) is 5.69 Å². The van der Waals surface area contributed by atoms with E-state index in [0.29, 0.717) is 5.56 Å². The summed E-state index contributed by atoms with van der Waals surface area (Å²) in [5.41, 5.74) is 6.12. The molecule has 0 aliphatic carbocycles. The van der Waals surface area contributed by atoms with Crippen molar-refractivity contribution in [2.75, 3.05) is 5.32 Å². The van der Waals surface area contributed by atoms with Crippen molar-refractivity contribution in [3.8, 4) is 0 Å². The Morgan fingerprint density at radius 2 is 1.72 bits per heavy atom. The van der Waals surface area contributed by atoms with Crippen LogP contribution < -0.4 is 5.32 Å². The van der Waals surface area contributed by atoms with Crippen LogP contribution in [0.4, 0.5) is 5.69 Å². The molecular weight excluding hydrogens is 378 g/mol. The molecule has 0 aliphatic rings. The number of hydrogen-bond acceptors (Lipinski definition) is 2. The van der Waals surface area contributed by atoms with Crippen LogP contribution in [0.15, 0.2) is 53.0 Å². The second-order valence-corrected chi connectivity index (χ2v) is 7.02. The lowest BCUT2D eigenvalue weighted by molar-refractivity contribution is 0.102. The number of amides is 1. The average Bonchev–Trinajstić information content (AvgIpc) is 2.83. The SMILES string of the molecule is Cc1nn(C)c(C)c1Cc1ccc(NC(=O)c2ccc(Br)cc2)cc1. The van der Waals surface area contributed by atoms with Gasteiger partial charge < -0.3 is 5.32 Å². The molecule has 3 rings (SSSR count). The Morgan fingerprint density at radius 1 is 1.08 bits per heavy atom. The first-order chi connectivity index (χ1) is 11.9. The van der Waals surface area contributed by atoms with E-state index in [1.165, 1.54) is 16.8 Å². The number of carbonyl (C=O) groups is 1. The molecule has 0 unspecified atom stereocenters. The van der Waals surface area contributed by atoms with E-state index in [4.69, 9.17) is 0 Å². The van der Waals surface area contributed by atoms with E-state index in [1.807, 2.05) is 55.1 Å². The highest BCUT2D eigenvalue weighted by Gasteiger charge is 2.10. The second-order valence-electron chi connectivity index (χ2n) is 6.11. The number of rotatable bonds is 4. The van der Waals surface area contributed by atoms with Gasteiger partial charge in [-0.05, 0) is 55.8 Å². The van der Waals surface area contributed by atoms with Gasteiger partial charge in [0.2, 0.25) is 0 Å². The molecule has 3 aromatic rings. The number of aryl methyl sites for hydroxylation is 2. The predicted molar refractivity (Wildman–Crippen MR) is 104 cm³/mol. The third kappa shape index (κ3) is 3.99. The van der Waals surface area contributed by atoms with Crippen LogP contribution in [0.25, 0.3) is 0 Å². The summed E-state index contributed by atoms with van der Waals surface area (Å²) in [4.78, 5) is 12.3. The lowest BCUT2D eigenvalue weighted by Crippen LogP contribution is -2.11. The van der Waals surface area contributed by atoms with Crippen LogP contribution in [0.3, 0.4) is 0 Å². The van der Waals surface area contributed by atoms with Crippen molar-refractivity contribution < 1.29 is 4.79 Å². The number of halogens is 1. The molecule has 1 aromatic heterocycles. The van der Waals surface area contributed by atoms with Gasteiger partial charge in [0.1, 0.15) is 0 Å². The molecule has 1 N–H and O–H groups in total. The van der Waals surface area contributed by atoms with E-state index in [0.717, 1.165) is 22.3 Å². The Balaban J connectivity index is 1.70. The Hall–Kier alpha value is -2.40. The molecule has 25 heavy (non-hydrogen) atoms. The second kappa shape index (κ2) is 7.23. The highest BCUT2D eigenvalue weighted by Crippen LogP contribution is 2.19. The molecule has 0 aliphatic heterocycles. The molecule has 0 atom stereocenters. The topological polar surface area (TPSA) is 46.9 Å². The minimum absolute atomic E-state index is 0.112. The molecule has 4 nitrogen and oxygen atoms in total. The van der Waals surface area contributed by atoms with Gasteiger partial charge in [-0.25, -0.2) is 0 Å². The van der Waals surface area contributed by atoms with Crippen LogP contribution in [0, 0.1) is 13.8 Å². The quantitative estimate of drug-likeness (QED) is 0.696. The van der Waals surface area contributed by atoms with Gasteiger partial charge in [-0.2, -0.15) is 5.10 Å². The minimum Gasteiger partial charge on any atom is -0.322 e. The van der Waals surface area contributed by atoms with Gasteiger partial charge in [0.15, 0.2) is 0 Å². The molecule has 2 aromatic carbocycles. The number of nitrogens with zero attached hydrogens (tertiary/aromatic N) is 2. The fraction of sp³-hybridized carbons (Fsp3) is 0.200. The van der Waals surface area contributed by atoms with Crippen molar-refractivity contribution in [2.24, 2.45) is 7.05 Å². The van der Waals surface area contributed by atoms with Crippen LogP contribution in [-0.2, 0) is 13.5 Å². The van der Waals surface area contributed by atoms with Crippen LogP contribution in [0.1, 0.15) is 32.9 Å². The summed E-state index contributed by atoms with van der Waals surface area (Å²) in [6.45, 7) is 4.12. The summed E-state index contributed by atoms with van der Waals surface area (Å²) in [5.74, 6) is -0.112. The molecule has 0 saturated carbocycles. The third-order valence-corrected chi connectivity index (χ3v) is 4.89. The van der Waals surface area contributed by atoms with Crippen molar-refractivity contribution in [2.45, 2.75) is 20.3 Å². The van der Waals surface area contributed by atoms with E-state index < -0.39 is 0 Å². The van der Waals surface area contributed by atoms with E-state index in [1.54, 1.807) is 12.1 Å². The number of nitrogens with one attached hydrogen (secondary N) is 1. The number of hydrogen-bond donors (Lipinski definition) is 1. The van der Waals surface area contributed by atoms with Crippen molar-refractivity contribution in [1.82, 2.24) is 9.78 Å². The zero-order valence-corrected chi connectivity index (χ0v) is 16.1. The lowest BCUT2D eigenvalue weighted by atomic mass is 10.0. The molecule has 1 amide bonds. The normalized spacial score (nSPS) is 10.7. The smallest absolute Gasteiger partial charge is 0.255 e. The highest BCUT2D eigenvalue weighted by molar-refractivity contribution is 9.10. The molecule has 5 heteroatoms. The maximum Gasteiger partial charge on any atom is 0.255 e. The Labute approximate surface area is 156 Å². The summed E-state index contributed by atoms with van der Waals surface area (Å²) >= 11 is 3.37. The monoisotopic (exact) mass is 397 g/mol. The average molecular weight is 398 g/mol. The Bertz CT molecular complexity index is 896. The highest BCUT2D eigenvalue weighted by atomic mass is 79.9. The predicted octanol–water partition coefficient (Wildman–Crippen LogP) is 4.64. The molecule has 0 spiro atoms. The largest absolute Gasteiger partial charge is 0.322 e. The van der Waals surface area contributed by atoms with Gasteiger partial charge >= 0.3 is 0 Å². The molecule has 0 saturated heterocycles. The number of carbonyl (C=O) groups excluding carboxylic acids is 1. The zero-order chi connectivity index (χ0) is 18.0. The molecule has 0 bridgehead atoms. The molecule has 1 heterocycles. The fourth-order valence-electron chi connectivity index (χ4n) is 2.79. The van der Waals surface area contributed by atoms with Crippen LogP contribution in [-0.4, -0.2) is 15.7 Å². The molecule has 128 valence electrons. The third-order valence-electron chi connectivity index (χ3n) is 4.36. The first kappa shape index (κ1) is 17.4. The fourth-order valence-corrected chi connectivity index (χ4v) is 3.05. The van der Waals surface area contributed by atoms with E-state index in [-0.39, 0.29) is 5.91 Å². The summed E-state index contributed by atoms with van der Waals surface area (Å²) in [6.07, 6.45) is 0.840. The van der Waals surface area contributed by atoms with Gasteiger partial charge in [-0.3, -0.25) is 9.48 Å². The first-order valence-corrected chi connectivity index (χ1v) is 8.88. The van der Waals surface area contributed by atoms with Crippen molar-refractivity contribution in [1.29, 1.82) is 0 Å². The van der Waals surface area contributed by atoms with E-state index >= 15 is 0 Å². The molecular formula is C20H20BrN3O. The van der Waals surface area contributed by atoms with Crippen molar-refractivity contribution in [3.05, 3.63) is 81.1 Å². The zero-order valence-electron chi connectivity index (χ0n) is 14.5. The Morgan fingerprint density at radius 3 is 2.28 bits per heavy atom. The summed E-state index contributed by atoms with van der Waals surface area (Å²) in [7, 11) is 1.96. The standard InChI is InChI=1S/C20H20BrN3O/c1-13-19(14(2)24(3)23-13)12-15-4-10-18(11-5-15)22-20(25)16-6-8-17(21)9-7-16/h4-11H,12H2,1-3H3,(H,22,25). The summed E-state index contributed by atoms with van der Waals surface area (Å²) < 4.78 is 2.87. The van der Waals surface area contributed by atoms with Crippen LogP contribution in [0.5, 0.6) is 0 Å². The molecule has 0 fully saturated rings. The molecule has 0 radical (unpaired) electrons.